The van der Waals surface area contributed by atoms with Crippen LogP contribution in [0.5, 0.6) is 0 Å². The normalized spacial score (nSPS) is 11.8. The van der Waals surface area contributed by atoms with Gasteiger partial charge >= 0.3 is 5.97 Å². The molecule has 0 bridgehead atoms. The van der Waals surface area contributed by atoms with Crippen LogP contribution in [0.25, 0.3) is 11.0 Å². The molecule has 9 heteroatoms. The molecular formula is C23H25Cl2N3O4. The predicted octanol–water partition coefficient (Wildman–Crippen LogP) is 5.46. The van der Waals surface area contributed by atoms with Gasteiger partial charge in [0.15, 0.2) is 0 Å². The Kier molecular flexibility index (Phi) is 7.22. The van der Waals surface area contributed by atoms with Gasteiger partial charge in [-0.2, -0.15) is 0 Å². The zero-order valence-corrected chi connectivity index (χ0v) is 19.9. The van der Waals surface area contributed by atoms with Gasteiger partial charge in [0.1, 0.15) is 11.8 Å². The Hall–Kier alpha value is -2.48. The van der Waals surface area contributed by atoms with Gasteiger partial charge in [-0.05, 0) is 53.6 Å². The maximum Gasteiger partial charge on any atom is 0.338 e. The highest BCUT2D eigenvalue weighted by atomic mass is 35.5. The number of carbonyl (C=O) groups is 2. The van der Waals surface area contributed by atoms with Gasteiger partial charge in [-0.25, -0.2) is 9.48 Å². The van der Waals surface area contributed by atoms with Gasteiger partial charge in [0.2, 0.25) is 0 Å². The summed E-state index contributed by atoms with van der Waals surface area (Å²) in [6.07, 6.45) is 1.50. The highest BCUT2D eigenvalue weighted by Gasteiger charge is 2.27. The first-order chi connectivity index (χ1) is 15.1. The lowest BCUT2D eigenvalue weighted by Gasteiger charge is -2.26. The molecule has 0 spiro atoms. The molecule has 3 rings (SSSR count). The van der Waals surface area contributed by atoms with Gasteiger partial charge in [-0.3, -0.25) is 4.79 Å². The van der Waals surface area contributed by atoms with E-state index in [9.17, 15) is 14.7 Å². The predicted molar refractivity (Wildman–Crippen MR) is 124 cm³/mol. The van der Waals surface area contributed by atoms with E-state index in [0.717, 1.165) is 22.9 Å². The third-order valence-corrected chi connectivity index (χ3v) is 5.97. The summed E-state index contributed by atoms with van der Waals surface area (Å²) >= 11 is 12.6. The van der Waals surface area contributed by atoms with Gasteiger partial charge < -0.3 is 9.84 Å². The molecule has 0 saturated heterocycles. The van der Waals surface area contributed by atoms with Gasteiger partial charge in [-0.1, -0.05) is 49.2 Å². The Morgan fingerprint density at radius 2 is 2.00 bits per heavy atom. The number of carboxylic acids is 1. The average Bonchev–Trinajstić information content (AvgIpc) is 3.10. The number of rotatable bonds is 8. The number of ether oxygens (including phenoxy) is 1. The van der Waals surface area contributed by atoms with Gasteiger partial charge in [0.25, 0.3) is 0 Å². The molecule has 1 aromatic heterocycles. The van der Waals surface area contributed by atoms with E-state index in [1.807, 2.05) is 33.8 Å². The molecule has 0 unspecified atom stereocenters. The van der Waals surface area contributed by atoms with Crippen molar-refractivity contribution in [3.8, 4) is 0 Å². The fraction of sp³-hybridized carbons (Fsp3) is 0.391. The molecule has 7 nitrogen and oxygen atoms in total. The van der Waals surface area contributed by atoms with Crippen LogP contribution in [0, 0.1) is 6.92 Å². The maximum absolute atomic E-state index is 11.6. The van der Waals surface area contributed by atoms with E-state index in [1.54, 1.807) is 16.8 Å². The molecule has 32 heavy (non-hydrogen) atoms. The SMILES string of the molecule is Cc1c(C=O)ccc2c1nnn2CCCOCc1cc(Cl)c(C(=O)O)c(Cl)c1C(C)(C)C. The van der Waals surface area contributed by atoms with Crippen LogP contribution in [0.1, 0.15) is 64.6 Å². The second kappa shape index (κ2) is 9.57. The van der Waals surface area contributed by atoms with E-state index in [-0.39, 0.29) is 27.6 Å². The van der Waals surface area contributed by atoms with Crippen LogP contribution >= 0.6 is 23.2 Å². The van der Waals surface area contributed by atoms with Gasteiger partial charge in [0, 0.05) is 18.7 Å². The van der Waals surface area contributed by atoms with Crippen molar-refractivity contribution in [3.63, 3.8) is 0 Å². The smallest absolute Gasteiger partial charge is 0.338 e. The second-order valence-corrected chi connectivity index (χ2v) is 9.41. The van der Waals surface area contributed by atoms with Crippen LogP contribution in [-0.2, 0) is 23.3 Å². The van der Waals surface area contributed by atoms with Gasteiger partial charge in [-0.15, -0.1) is 5.10 Å². The van der Waals surface area contributed by atoms with E-state index in [2.05, 4.69) is 10.3 Å². The number of aromatic nitrogens is 3. The third-order valence-electron chi connectivity index (χ3n) is 5.29. The molecule has 170 valence electrons. The minimum atomic E-state index is -1.16. The van der Waals surface area contributed by atoms with Crippen LogP contribution in [0.15, 0.2) is 18.2 Å². The van der Waals surface area contributed by atoms with E-state index in [1.165, 1.54) is 0 Å². The van der Waals surface area contributed by atoms with Crippen LogP contribution in [0.2, 0.25) is 10.0 Å². The minimum Gasteiger partial charge on any atom is -0.478 e. The number of benzene rings is 2. The summed E-state index contributed by atoms with van der Waals surface area (Å²) in [6, 6.07) is 5.23. The molecule has 0 atom stereocenters. The zero-order chi connectivity index (χ0) is 23.6. The topological polar surface area (TPSA) is 94.3 Å². The van der Waals surface area contributed by atoms with Crippen LogP contribution < -0.4 is 0 Å². The Morgan fingerprint density at radius 3 is 2.62 bits per heavy atom. The summed E-state index contributed by atoms with van der Waals surface area (Å²) < 4.78 is 7.65. The summed E-state index contributed by atoms with van der Waals surface area (Å²) in [4.78, 5) is 22.7. The van der Waals surface area contributed by atoms with Crippen molar-refractivity contribution >= 4 is 46.5 Å². The zero-order valence-electron chi connectivity index (χ0n) is 18.4. The Labute approximate surface area is 196 Å². The van der Waals surface area contributed by atoms with Crippen molar-refractivity contribution in [1.82, 2.24) is 15.0 Å². The molecular weight excluding hydrogens is 453 g/mol. The molecule has 0 fully saturated rings. The molecule has 0 aliphatic heterocycles. The molecule has 0 saturated carbocycles. The molecule has 0 aliphatic carbocycles. The van der Waals surface area contributed by atoms with Crippen molar-refractivity contribution in [2.75, 3.05) is 6.61 Å². The van der Waals surface area contributed by atoms with Gasteiger partial charge in [0.05, 0.1) is 27.7 Å². The summed E-state index contributed by atoms with van der Waals surface area (Å²) in [6.45, 7) is 9.05. The second-order valence-electron chi connectivity index (χ2n) is 8.62. The number of aromatic carboxylic acids is 1. The van der Waals surface area contributed by atoms with Crippen LogP contribution in [0.3, 0.4) is 0 Å². The van der Waals surface area contributed by atoms with Crippen molar-refractivity contribution in [2.24, 2.45) is 0 Å². The maximum atomic E-state index is 11.6. The first-order valence-electron chi connectivity index (χ1n) is 10.2. The molecule has 0 aliphatic rings. The van der Waals surface area contributed by atoms with E-state index in [4.69, 9.17) is 27.9 Å². The van der Waals surface area contributed by atoms with Crippen molar-refractivity contribution in [1.29, 1.82) is 0 Å². The Morgan fingerprint density at radius 1 is 1.28 bits per heavy atom. The number of nitrogens with zero attached hydrogens (tertiary/aromatic N) is 3. The highest BCUT2D eigenvalue weighted by Crippen LogP contribution is 2.38. The summed E-state index contributed by atoms with van der Waals surface area (Å²) in [5.41, 5.74) is 4.00. The Balaban J connectivity index is 1.69. The highest BCUT2D eigenvalue weighted by molar-refractivity contribution is 6.40. The minimum absolute atomic E-state index is 0.0897. The number of hydrogen-bond acceptors (Lipinski definition) is 5. The standard InChI is InChI=1S/C23H25Cl2N3O4/c1-13-14(11-29)6-7-17-21(13)26-27-28(17)8-5-9-32-12-15-10-16(24)18(22(30)31)20(25)19(15)23(2,3)4/h6-7,10-11H,5,8-9,12H2,1-4H3,(H,30,31). The number of hydrogen-bond donors (Lipinski definition) is 1. The lowest BCUT2D eigenvalue weighted by atomic mass is 9.82. The third kappa shape index (κ3) is 4.80. The first kappa shape index (κ1) is 24.2. The quantitative estimate of drug-likeness (QED) is 0.341. The van der Waals surface area contributed by atoms with E-state index >= 15 is 0 Å². The molecule has 3 aromatic rings. The number of carboxylic acid groups (broad SMARTS) is 1. The monoisotopic (exact) mass is 477 g/mol. The number of fused-ring (bicyclic) bond motifs is 1. The summed E-state index contributed by atoms with van der Waals surface area (Å²) in [5, 5.41) is 18.1. The number of halogens is 2. The fourth-order valence-corrected chi connectivity index (χ4v) is 4.71. The molecule has 1 N–H and O–H groups in total. The van der Waals surface area contributed by atoms with E-state index < -0.39 is 5.97 Å². The lowest BCUT2D eigenvalue weighted by molar-refractivity contribution is 0.0696. The summed E-state index contributed by atoms with van der Waals surface area (Å²) in [7, 11) is 0. The first-order valence-corrected chi connectivity index (χ1v) is 10.9. The van der Waals surface area contributed by atoms with Crippen LogP contribution in [-0.4, -0.2) is 39.0 Å². The molecule has 0 amide bonds. The number of aryl methyl sites for hydroxylation is 2. The summed E-state index contributed by atoms with van der Waals surface area (Å²) in [5.74, 6) is -1.16. The fourth-order valence-electron chi connectivity index (χ4n) is 3.76. The van der Waals surface area contributed by atoms with E-state index in [0.29, 0.717) is 36.2 Å². The average molecular weight is 478 g/mol. The number of carbonyl (C=O) groups excluding carboxylic acids is 1. The van der Waals surface area contributed by atoms with Crippen molar-refractivity contribution in [2.45, 2.75) is 52.7 Å². The number of aldehydes is 1. The van der Waals surface area contributed by atoms with Crippen LogP contribution in [0.4, 0.5) is 0 Å². The van der Waals surface area contributed by atoms with Crippen molar-refractivity contribution in [3.05, 3.63) is 56.1 Å². The van der Waals surface area contributed by atoms with Crippen molar-refractivity contribution < 1.29 is 19.4 Å². The molecule has 1 heterocycles. The molecule has 2 aromatic carbocycles. The lowest BCUT2D eigenvalue weighted by Crippen LogP contribution is -2.18. The largest absolute Gasteiger partial charge is 0.478 e. The molecule has 0 radical (unpaired) electrons. The Bertz CT molecular complexity index is 1180.